The van der Waals surface area contributed by atoms with Crippen LogP contribution in [0.3, 0.4) is 0 Å². The summed E-state index contributed by atoms with van der Waals surface area (Å²) < 4.78 is 0. The van der Waals surface area contributed by atoms with Crippen LogP contribution in [-0.2, 0) is 11.8 Å². The molecule has 0 aliphatic heterocycles. The first-order chi connectivity index (χ1) is 6.63. The first-order valence-electron chi connectivity index (χ1n) is 5.09. The van der Waals surface area contributed by atoms with Crippen molar-refractivity contribution in [2.45, 2.75) is 38.5 Å². The van der Waals surface area contributed by atoms with Gasteiger partial charge in [-0.15, -0.1) is 0 Å². The van der Waals surface area contributed by atoms with Gasteiger partial charge < -0.3 is 0 Å². The van der Waals surface area contributed by atoms with Gasteiger partial charge in [-0.2, -0.15) is 0 Å². The SMILES string of the molecule is CC1(C)CCCc2ccc(C=O)nc21. The average molecular weight is 189 g/mol. The lowest BCUT2D eigenvalue weighted by molar-refractivity contribution is 0.111. The van der Waals surface area contributed by atoms with Gasteiger partial charge in [-0.25, -0.2) is 4.98 Å². The van der Waals surface area contributed by atoms with Crippen LogP contribution in [0.25, 0.3) is 0 Å². The number of pyridine rings is 1. The van der Waals surface area contributed by atoms with Crippen molar-refractivity contribution in [3.63, 3.8) is 0 Å². The highest BCUT2D eigenvalue weighted by Crippen LogP contribution is 2.35. The van der Waals surface area contributed by atoms with Crippen molar-refractivity contribution in [1.82, 2.24) is 4.98 Å². The van der Waals surface area contributed by atoms with Crippen LogP contribution in [0.15, 0.2) is 12.1 Å². The first kappa shape index (κ1) is 9.38. The molecule has 0 saturated carbocycles. The van der Waals surface area contributed by atoms with Crippen molar-refractivity contribution in [3.05, 3.63) is 29.1 Å². The Morgan fingerprint density at radius 2 is 2.21 bits per heavy atom. The molecule has 74 valence electrons. The van der Waals surface area contributed by atoms with Gasteiger partial charge in [-0.1, -0.05) is 19.9 Å². The van der Waals surface area contributed by atoms with E-state index in [1.54, 1.807) is 0 Å². The van der Waals surface area contributed by atoms with E-state index in [0.29, 0.717) is 5.69 Å². The van der Waals surface area contributed by atoms with Gasteiger partial charge in [0.1, 0.15) is 5.69 Å². The summed E-state index contributed by atoms with van der Waals surface area (Å²) in [4.78, 5) is 15.1. The van der Waals surface area contributed by atoms with Crippen molar-refractivity contribution in [1.29, 1.82) is 0 Å². The maximum absolute atomic E-state index is 10.6. The molecule has 0 saturated heterocycles. The fourth-order valence-electron chi connectivity index (χ4n) is 2.20. The summed E-state index contributed by atoms with van der Waals surface area (Å²) >= 11 is 0. The van der Waals surface area contributed by atoms with Crippen molar-refractivity contribution in [2.75, 3.05) is 0 Å². The fourth-order valence-corrected chi connectivity index (χ4v) is 2.20. The second kappa shape index (κ2) is 3.19. The van der Waals surface area contributed by atoms with Crippen LogP contribution < -0.4 is 0 Å². The smallest absolute Gasteiger partial charge is 0.168 e. The van der Waals surface area contributed by atoms with Gasteiger partial charge in [0.2, 0.25) is 0 Å². The van der Waals surface area contributed by atoms with E-state index in [2.05, 4.69) is 18.8 Å². The molecule has 2 rings (SSSR count). The van der Waals surface area contributed by atoms with E-state index in [4.69, 9.17) is 0 Å². The van der Waals surface area contributed by atoms with Crippen LogP contribution in [0, 0.1) is 0 Å². The lowest BCUT2D eigenvalue weighted by Crippen LogP contribution is -2.25. The lowest BCUT2D eigenvalue weighted by atomic mass is 9.76. The van der Waals surface area contributed by atoms with E-state index in [9.17, 15) is 4.79 Å². The van der Waals surface area contributed by atoms with Crippen LogP contribution in [0.2, 0.25) is 0 Å². The zero-order valence-corrected chi connectivity index (χ0v) is 8.71. The first-order valence-corrected chi connectivity index (χ1v) is 5.09. The van der Waals surface area contributed by atoms with Gasteiger partial charge in [0.25, 0.3) is 0 Å². The van der Waals surface area contributed by atoms with Gasteiger partial charge >= 0.3 is 0 Å². The maximum atomic E-state index is 10.6. The van der Waals surface area contributed by atoms with Crippen LogP contribution in [0.5, 0.6) is 0 Å². The predicted molar refractivity (Wildman–Crippen MR) is 55.6 cm³/mol. The maximum Gasteiger partial charge on any atom is 0.168 e. The molecule has 0 bridgehead atoms. The molecule has 0 radical (unpaired) electrons. The number of nitrogens with zero attached hydrogens (tertiary/aromatic N) is 1. The Hall–Kier alpha value is -1.18. The van der Waals surface area contributed by atoms with Gasteiger partial charge in [-0.3, -0.25) is 4.79 Å². The Morgan fingerprint density at radius 1 is 1.43 bits per heavy atom. The largest absolute Gasteiger partial charge is 0.296 e. The van der Waals surface area contributed by atoms with Crippen molar-refractivity contribution < 1.29 is 4.79 Å². The van der Waals surface area contributed by atoms with E-state index < -0.39 is 0 Å². The minimum atomic E-state index is 0.132. The molecule has 0 aromatic carbocycles. The summed E-state index contributed by atoms with van der Waals surface area (Å²) in [5, 5.41) is 0. The lowest BCUT2D eigenvalue weighted by Gasteiger charge is -2.31. The molecule has 0 atom stereocenters. The van der Waals surface area contributed by atoms with E-state index in [0.717, 1.165) is 24.8 Å². The number of aryl methyl sites for hydroxylation is 1. The van der Waals surface area contributed by atoms with E-state index in [-0.39, 0.29) is 5.41 Å². The monoisotopic (exact) mass is 189 g/mol. The molecule has 1 aliphatic carbocycles. The van der Waals surface area contributed by atoms with Gasteiger partial charge in [0.05, 0.1) is 0 Å². The highest BCUT2D eigenvalue weighted by Gasteiger charge is 2.28. The number of hydrogen-bond donors (Lipinski definition) is 0. The number of aromatic nitrogens is 1. The Bertz CT molecular complexity index is 369. The standard InChI is InChI=1S/C12H15NO/c1-12(2)7-3-4-9-5-6-10(8-14)13-11(9)12/h5-6,8H,3-4,7H2,1-2H3. The molecular formula is C12H15NO. The number of fused-ring (bicyclic) bond motifs is 1. The number of rotatable bonds is 1. The normalized spacial score (nSPS) is 18.7. The molecule has 14 heavy (non-hydrogen) atoms. The second-order valence-corrected chi connectivity index (χ2v) is 4.60. The third-order valence-corrected chi connectivity index (χ3v) is 3.01. The van der Waals surface area contributed by atoms with E-state index >= 15 is 0 Å². The van der Waals surface area contributed by atoms with E-state index in [1.165, 1.54) is 12.0 Å². The van der Waals surface area contributed by atoms with Gasteiger partial charge in [0.15, 0.2) is 6.29 Å². The summed E-state index contributed by atoms with van der Waals surface area (Å²) in [7, 11) is 0. The van der Waals surface area contributed by atoms with Gasteiger partial charge in [-0.05, 0) is 30.9 Å². The molecule has 1 aromatic heterocycles. The molecule has 0 unspecified atom stereocenters. The van der Waals surface area contributed by atoms with Crippen molar-refractivity contribution in [3.8, 4) is 0 Å². The Balaban J connectivity index is 2.54. The third-order valence-electron chi connectivity index (χ3n) is 3.01. The quantitative estimate of drug-likeness (QED) is 0.635. The number of carbonyl (C=O) groups is 1. The van der Waals surface area contributed by atoms with Crippen LogP contribution in [0.4, 0.5) is 0 Å². The molecule has 0 spiro atoms. The summed E-state index contributed by atoms with van der Waals surface area (Å²) in [6.07, 6.45) is 4.31. The van der Waals surface area contributed by atoms with E-state index in [1.807, 2.05) is 12.1 Å². The average Bonchev–Trinajstić information content (AvgIpc) is 2.17. The second-order valence-electron chi connectivity index (χ2n) is 4.60. The highest BCUT2D eigenvalue weighted by atomic mass is 16.1. The molecule has 0 amide bonds. The molecule has 2 heteroatoms. The minimum absolute atomic E-state index is 0.132. The topological polar surface area (TPSA) is 30.0 Å². The summed E-state index contributed by atoms with van der Waals surface area (Å²) in [6.45, 7) is 4.40. The molecule has 1 aliphatic rings. The minimum Gasteiger partial charge on any atom is -0.296 e. The molecule has 0 N–H and O–H groups in total. The molecule has 1 aromatic rings. The van der Waals surface area contributed by atoms with Crippen molar-refractivity contribution in [2.24, 2.45) is 0 Å². The summed E-state index contributed by atoms with van der Waals surface area (Å²) in [6, 6.07) is 3.86. The van der Waals surface area contributed by atoms with Crippen LogP contribution in [-0.4, -0.2) is 11.3 Å². The highest BCUT2D eigenvalue weighted by molar-refractivity contribution is 5.71. The van der Waals surface area contributed by atoms with Crippen LogP contribution in [0.1, 0.15) is 48.4 Å². The molecule has 2 nitrogen and oxygen atoms in total. The zero-order valence-electron chi connectivity index (χ0n) is 8.71. The number of carbonyl (C=O) groups excluding carboxylic acids is 1. The fraction of sp³-hybridized carbons (Fsp3) is 0.500. The molecule has 1 heterocycles. The Morgan fingerprint density at radius 3 is 2.93 bits per heavy atom. The molecule has 0 fully saturated rings. The molecular weight excluding hydrogens is 174 g/mol. The Kier molecular flexibility index (Phi) is 2.14. The van der Waals surface area contributed by atoms with Crippen molar-refractivity contribution >= 4 is 6.29 Å². The number of aldehydes is 1. The number of hydrogen-bond acceptors (Lipinski definition) is 2. The third kappa shape index (κ3) is 1.45. The summed E-state index contributed by atoms with van der Waals surface area (Å²) in [5.41, 5.74) is 3.12. The zero-order chi connectivity index (χ0) is 10.2. The van der Waals surface area contributed by atoms with Gasteiger partial charge in [0, 0.05) is 11.1 Å². The summed E-state index contributed by atoms with van der Waals surface area (Å²) in [5.74, 6) is 0. The Labute approximate surface area is 84.4 Å². The predicted octanol–water partition coefficient (Wildman–Crippen LogP) is 2.51. The van der Waals surface area contributed by atoms with Crippen LogP contribution >= 0.6 is 0 Å².